The number of urea groups is 1. The van der Waals surface area contributed by atoms with Gasteiger partial charge in [-0.3, -0.25) is 4.79 Å². The predicted molar refractivity (Wildman–Crippen MR) is 97.3 cm³/mol. The number of hydrogen-bond donors (Lipinski definition) is 3. The molecule has 3 amide bonds. The first-order valence-electron chi connectivity index (χ1n) is 8.56. The molecule has 0 aliphatic carbocycles. The third kappa shape index (κ3) is 6.67. The van der Waals surface area contributed by atoms with Gasteiger partial charge in [-0.2, -0.15) is 11.8 Å². The van der Waals surface area contributed by atoms with Crippen molar-refractivity contribution in [3.8, 4) is 0 Å². The van der Waals surface area contributed by atoms with Crippen LogP contribution < -0.4 is 16.0 Å². The maximum Gasteiger partial charge on any atom is 0.417 e. The van der Waals surface area contributed by atoms with Gasteiger partial charge in [0.2, 0.25) is 5.91 Å². The minimum atomic E-state index is -3.36. The molecule has 147 valence electrons. The molecule has 2 aliphatic heterocycles. The minimum absolute atomic E-state index is 0.0475. The van der Waals surface area contributed by atoms with Gasteiger partial charge in [-0.25, -0.2) is 18.0 Å². The summed E-state index contributed by atoms with van der Waals surface area (Å²) in [7, 11) is -3.36. The molecule has 2 saturated heterocycles. The van der Waals surface area contributed by atoms with E-state index in [-0.39, 0.29) is 48.7 Å². The molecule has 1 radical (unpaired) electrons. The first-order valence-corrected chi connectivity index (χ1v) is 11.4. The first-order chi connectivity index (χ1) is 12.4. The number of thioether (sulfide) groups is 1. The van der Waals surface area contributed by atoms with E-state index in [1.54, 1.807) is 0 Å². The fraction of sp³-hybridized carbons (Fsp3) is 0.800. The average Bonchev–Trinajstić information content (AvgIpc) is 3.11. The van der Waals surface area contributed by atoms with Crippen molar-refractivity contribution >= 4 is 40.0 Å². The van der Waals surface area contributed by atoms with E-state index in [1.165, 1.54) is 6.47 Å². The van der Waals surface area contributed by atoms with Crippen LogP contribution in [0.15, 0.2) is 0 Å². The first kappa shape index (κ1) is 20.8. The molecule has 3 atom stereocenters. The Morgan fingerprint density at radius 3 is 2.88 bits per heavy atom. The van der Waals surface area contributed by atoms with E-state index in [1.807, 2.05) is 11.8 Å². The van der Waals surface area contributed by atoms with Gasteiger partial charge in [-0.15, -0.1) is 0 Å². The Bertz CT molecular complexity index is 613. The van der Waals surface area contributed by atoms with Crippen LogP contribution in [0, 0.1) is 0 Å². The summed E-state index contributed by atoms with van der Waals surface area (Å²) >= 11 is 1.84. The van der Waals surface area contributed by atoms with Crippen molar-refractivity contribution in [1.29, 1.82) is 0 Å². The number of amides is 3. The summed E-state index contributed by atoms with van der Waals surface area (Å²) in [6.45, 7) is 0.990. The minimum Gasteiger partial charge on any atom is -0.456 e. The van der Waals surface area contributed by atoms with Crippen molar-refractivity contribution in [2.24, 2.45) is 0 Å². The molecule has 0 aromatic carbocycles. The van der Waals surface area contributed by atoms with E-state index in [2.05, 4.69) is 20.7 Å². The predicted octanol–water partition coefficient (Wildman–Crippen LogP) is -0.673. The van der Waals surface area contributed by atoms with E-state index in [0.717, 1.165) is 25.0 Å². The van der Waals surface area contributed by atoms with E-state index < -0.39 is 9.84 Å². The van der Waals surface area contributed by atoms with Gasteiger partial charge in [0.1, 0.15) is 6.61 Å². The largest absolute Gasteiger partial charge is 0.456 e. The second-order valence-corrected chi connectivity index (χ2v) is 9.88. The standard InChI is InChI=1S/C15H24N3O6S2/c19-10-24-6-8-26(22,23)7-5-16-13(20)4-2-1-3-12-14-11(9-25-12)17-15(21)18-14/h11-12,14H,1-9H2,(H,16,20)(H2,17,18,21)/t11-,12-,14-/m0/s1. The highest BCUT2D eigenvalue weighted by Crippen LogP contribution is 2.33. The van der Waals surface area contributed by atoms with E-state index in [4.69, 9.17) is 0 Å². The normalized spacial score (nSPS) is 24.5. The van der Waals surface area contributed by atoms with E-state index in [0.29, 0.717) is 11.7 Å². The SMILES string of the molecule is O=[C]OCCS(=O)(=O)CCNC(=O)CCCC[C@@H]1SC[C@@H]2NC(=O)N[C@@H]21. The summed E-state index contributed by atoms with van der Waals surface area (Å²) in [5.74, 6) is 0.282. The summed E-state index contributed by atoms with van der Waals surface area (Å²) in [5.41, 5.74) is 0. The van der Waals surface area contributed by atoms with Gasteiger partial charge in [0, 0.05) is 24.0 Å². The van der Waals surface area contributed by atoms with Gasteiger partial charge in [-0.1, -0.05) is 6.42 Å². The van der Waals surface area contributed by atoms with Gasteiger partial charge in [0.25, 0.3) is 0 Å². The number of unbranched alkanes of at least 4 members (excludes halogenated alkanes) is 1. The zero-order valence-electron chi connectivity index (χ0n) is 14.4. The summed E-state index contributed by atoms with van der Waals surface area (Å²) in [4.78, 5) is 32.9. The summed E-state index contributed by atoms with van der Waals surface area (Å²) in [6.07, 6.45) is 2.88. The van der Waals surface area contributed by atoms with Crippen molar-refractivity contribution in [2.45, 2.75) is 43.0 Å². The Labute approximate surface area is 157 Å². The lowest BCUT2D eigenvalue weighted by Gasteiger charge is -2.16. The van der Waals surface area contributed by atoms with Crippen LogP contribution in [0.2, 0.25) is 0 Å². The number of carbonyl (C=O) groups is 2. The molecular weight excluding hydrogens is 382 g/mol. The van der Waals surface area contributed by atoms with Crippen LogP contribution in [0.4, 0.5) is 4.79 Å². The zero-order chi connectivity index (χ0) is 19.0. The maximum absolute atomic E-state index is 11.8. The molecule has 2 aliphatic rings. The molecule has 2 rings (SSSR count). The number of ether oxygens (including phenoxy) is 1. The molecule has 0 unspecified atom stereocenters. The second kappa shape index (κ2) is 10.0. The second-order valence-electron chi connectivity index (χ2n) is 6.30. The van der Waals surface area contributed by atoms with Crippen LogP contribution in [0.5, 0.6) is 0 Å². The highest BCUT2D eigenvalue weighted by atomic mass is 32.2. The molecular formula is C15H24N3O6S2. The van der Waals surface area contributed by atoms with Crippen molar-refractivity contribution in [3.63, 3.8) is 0 Å². The van der Waals surface area contributed by atoms with Crippen molar-refractivity contribution in [2.75, 3.05) is 30.4 Å². The van der Waals surface area contributed by atoms with Crippen LogP contribution >= 0.6 is 11.8 Å². The smallest absolute Gasteiger partial charge is 0.417 e. The Hall–Kier alpha value is -1.49. The molecule has 2 heterocycles. The summed E-state index contributed by atoms with van der Waals surface area (Å²) in [5, 5.41) is 8.80. The Morgan fingerprint density at radius 1 is 1.31 bits per heavy atom. The molecule has 9 nitrogen and oxygen atoms in total. The van der Waals surface area contributed by atoms with Crippen LogP contribution in [-0.4, -0.2) is 74.6 Å². The molecule has 0 bridgehead atoms. The Balaban J connectivity index is 1.53. The highest BCUT2D eigenvalue weighted by Gasteiger charge is 2.42. The van der Waals surface area contributed by atoms with Crippen LogP contribution in [0.3, 0.4) is 0 Å². The van der Waals surface area contributed by atoms with Gasteiger partial charge >= 0.3 is 12.5 Å². The number of nitrogens with one attached hydrogen (secondary N) is 3. The highest BCUT2D eigenvalue weighted by molar-refractivity contribution is 8.00. The van der Waals surface area contributed by atoms with Gasteiger partial charge < -0.3 is 20.7 Å². The third-order valence-electron chi connectivity index (χ3n) is 4.37. The van der Waals surface area contributed by atoms with Crippen molar-refractivity contribution < 1.29 is 27.5 Å². The monoisotopic (exact) mass is 406 g/mol. The lowest BCUT2D eigenvalue weighted by molar-refractivity contribution is -0.121. The number of hydrogen-bond acceptors (Lipinski definition) is 7. The molecule has 0 aromatic heterocycles. The Morgan fingerprint density at radius 2 is 2.12 bits per heavy atom. The van der Waals surface area contributed by atoms with Gasteiger partial charge in [0.15, 0.2) is 9.84 Å². The molecule has 0 aromatic rings. The number of sulfone groups is 1. The molecule has 0 spiro atoms. The number of fused-ring (bicyclic) bond motifs is 1. The fourth-order valence-corrected chi connectivity index (χ4v) is 5.52. The van der Waals surface area contributed by atoms with Crippen molar-refractivity contribution in [3.05, 3.63) is 0 Å². The zero-order valence-corrected chi connectivity index (χ0v) is 16.0. The quantitative estimate of drug-likeness (QED) is 0.289. The third-order valence-corrected chi connectivity index (χ3v) is 7.49. The Kier molecular flexibility index (Phi) is 8.01. The lowest BCUT2D eigenvalue weighted by Crippen LogP contribution is -2.36. The molecule has 2 fully saturated rings. The average molecular weight is 407 g/mol. The molecule has 0 saturated carbocycles. The van der Waals surface area contributed by atoms with E-state index >= 15 is 0 Å². The van der Waals surface area contributed by atoms with Gasteiger partial charge in [0.05, 0.1) is 23.6 Å². The summed E-state index contributed by atoms with van der Waals surface area (Å²) in [6, 6.07) is 0.278. The summed E-state index contributed by atoms with van der Waals surface area (Å²) < 4.78 is 27.5. The number of carbonyl (C=O) groups excluding carboxylic acids is 3. The van der Waals surface area contributed by atoms with Crippen LogP contribution in [-0.2, 0) is 24.2 Å². The fourth-order valence-electron chi connectivity index (χ4n) is 3.02. The van der Waals surface area contributed by atoms with E-state index in [9.17, 15) is 22.8 Å². The van der Waals surface area contributed by atoms with Gasteiger partial charge in [-0.05, 0) is 12.8 Å². The van der Waals surface area contributed by atoms with Crippen LogP contribution in [0.1, 0.15) is 25.7 Å². The molecule has 26 heavy (non-hydrogen) atoms. The van der Waals surface area contributed by atoms with Crippen molar-refractivity contribution in [1.82, 2.24) is 16.0 Å². The van der Waals surface area contributed by atoms with Crippen LogP contribution in [0.25, 0.3) is 0 Å². The topological polar surface area (TPSA) is 131 Å². The number of rotatable bonds is 12. The maximum atomic E-state index is 11.8. The molecule has 11 heteroatoms. The molecule has 3 N–H and O–H groups in total. The lowest BCUT2D eigenvalue weighted by atomic mass is 10.0.